The summed E-state index contributed by atoms with van der Waals surface area (Å²) in [7, 11) is 0. The Kier molecular flexibility index (Phi) is 4.31. The predicted octanol–water partition coefficient (Wildman–Crippen LogP) is 3.82. The molecule has 25 heavy (non-hydrogen) atoms. The average molecular weight is 344 g/mol. The van der Waals surface area contributed by atoms with Gasteiger partial charge in [0.1, 0.15) is 0 Å². The Balaban J connectivity index is 1.52. The molecule has 1 atom stereocenters. The smallest absolute Gasteiger partial charge is 0.293 e. The molecule has 0 radical (unpaired) electrons. The van der Waals surface area contributed by atoms with Crippen LogP contribution in [0.1, 0.15) is 98.2 Å². The third kappa shape index (κ3) is 3.07. The highest BCUT2D eigenvalue weighted by Gasteiger charge is 2.37. The monoisotopic (exact) mass is 344 g/mol. The molecule has 7 heteroatoms. The molecule has 0 aromatic carbocycles. The van der Waals surface area contributed by atoms with E-state index < -0.39 is 0 Å². The van der Waals surface area contributed by atoms with Crippen molar-refractivity contribution in [3.8, 4) is 0 Å². The molecule has 2 aromatic rings. The first kappa shape index (κ1) is 16.3. The van der Waals surface area contributed by atoms with E-state index >= 15 is 0 Å². The molecule has 7 nitrogen and oxygen atoms in total. The minimum atomic E-state index is -0.134. The molecule has 2 aliphatic rings. The molecular weight excluding hydrogens is 320 g/mol. The van der Waals surface area contributed by atoms with Crippen molar-refractivity contribution < 1.29 is 13.8 Å². The van der Waals surface area contributed by atoms with Gasteiger partial charge in [-0.3, -0.25) is 4.79 Å². The first-order valence-electron chi connectivity index (χ1n) is 9.32. The highest BCUT2D eigenvalue weighted by atomic mass is 16.5. The average Bonchev–Trinajstić information content (AvgIpc) is 3.07. The Morgan fingerprint density at radius 1 is 1.24 bits per heavy atom. The minimum absolute atomic E-state index is 0.134. The molecular formula is C18H24N4O3. The van der Waals surface area contributed by atoms with Gasteiger partial charge < -0.3 is 13.9 Å². The van der Waals surface area contributed by atoms with Crippen LogP contribution in [0.3, 0.4) is 0 Å². The number of hydrogen-bond acceptors (Lipinski definition) is 6. The largest absolute Gasteiger partial charge is 0.351 e. The fraction of sp³-hybridized carbons (Fsp3) is 0.667. The minimum Gasteiger partial charge on any atom is -0.351 e. The van der Waals surface area contributed by atoms with Crippen molar-refractivity contribution in [2.75, 3.05) is 6.54 Å². The van der Waals surface area contributed by atoms with Gasteiger partial charge in [0.2, 0.25) is 11.7 Å². The van der Waals surface area contributed by atoms with E-state index in [-0.39, 0.29) is 11.9 Å². The lowest BCUT2D eigenvalue weighted by Crippen LogP contribution is -2.30. The first-order valence-corrected chi connectivity index (χ1v) is 9.32. The molecule has 3 heterocycles. The molecule has 0 unspecified atom stereocenters. The van der Waals surface area contributed by atoms with Gasteiger partial charge in [-0.15, -0.1) is 0 Å². The number of nitrogens with zero attached hydrogens (tertiary/aromatic N) is 4. The van der Waals surface area contributed by atoms with Gasteiger partial charge in [0.25, 0.3) is 5.91 Å². The summed E-state index contributed by atoms with van der Waals surface area (Å²) in [4.78, 5) is 19.2. The molecule has 0 spiro atoms. The zero-order valence-electron chi connectivity index (χ0n) is 14.8. The van der Waals surface area contributed by atoms with Crippen molar-refractivity contribution in [2.24, 2.45) is 0 Å². The molecule has 1 aliphatic heterocycles. The Morgan fingerprint density at radius 2 is 2.04 bits per heavy atom. The van der Waals surface area contributed by atoms with Crippen molar-refractivity contribution in [3.05, 3.63) is 29.2 Å². The van der Waals surface area contributed by atoms with E-state index in [9.17, 15) is 4.79 Å². The summed E-state index contributed by atoms with van der Waals surface area (Å²) in [6, 6.07) is 1.66. The lowest BCUT2D eigenvalue weighted by atomic mass is 9.99. The van der Waals surface area contributed by atoms with Gasteiger partial charge >= 0.3 is 0 Å². The number of amides is 1. The Morgan fingerprint density at radius 3 is 2.76 bits per heavy atom. The third-order valence-corrected chi connectivity index (χ3v) is 5.34. The third-order valence-electron chi connectivity index (χ3n) is 5.34. The normalized spacial score (nSPS) is 20.6. The van der Waals surface area contributed by atoms with Crippen LogP contribution in [0.4, 0.5) is 0 Å². The fourth-order valence-electron chi connectivity index (χ4n) is 3.59. The number of hydrogen-bond donors (Lipinski definition) is 0. The predicted molar refractivity (Wildman–Crippen MR) is 89.1 cm³/mol. The number of aromatic nitrogens is 3. The zero-order valence-corrected chi connectivity index (χ0v) is 14.8. The van der Waals surface area contributed by atoms with E-state index in [4.69, 9.17) is 9.05 Å². The second-order valence-corrected chi connectivity index (χ2v) is 7.05. The van der Waals surface area contributed by atoms with Crippen LogP contribution >= 0.6 is 0 Å². The van der Waals surface area contributed by atoms with Crippen LogP contribution < -0.4 is 0 Å². The Hall–Kier alpha value is -2.18. The van der Waals surface area contributed by atoms with Crippen LogP contribution in [0, 0.1) is 0 Å². The fourth-order valence-corrected chi connectivity index (χ4v) is 3.59. The van der Waals surface area contributed by atoms with Crippen LogP contribution in [0.2, 0.25) is 0 Å². The second kappa shape index (κ2) is 6.61. The number of carbonyl (C=O) groups is 1. The lowest BCUT2D eigenvalue weighted by Gasteiger charge is -2.20. The van der Waals surface area contributed by atoms with Crippen LogP contribution in [-0.2, 0) is 0 Å². The summed E-state index contributed by atoms with van der Waals surface area (Å²) < 4.78 is 10.7. The molecule has 4 rings (SSSR count). The highest BCUT2D eigenvalue weighted by molar-refractivity contribution is 5.92. The summed E-state index contributed by atoms with van der Waals surface area (Å²) in [5.41, 5.74) is 0.861. The lowest BCUT2D eigenvalue weighted by molar-refractivity contribution is 0.0686. The van der Waals surface area contributed by atoms with Crippen molar-refractivity contribution in [1.82, 2.24) is 20.2 Å². The van der Waals surface area contributed by atoms with E-state index in [1.165, 1.54) is 0 Å². The van der Waals surface area contributed by atoms with Gasteiger partial charge in [-0.25, -0.2) is 0 Å². The molecule has 0 bridgehead atoms. The maximum absolute atomic E-state index is 12.9. The van der Waals surface area contributed by atoms with E-state index in [2.05, 4.69) is 29.1 Å². The molecule has 2 fully saturated rings. The van der Waals surface area contributed by atoms with Gasteiger partial charge in [0.15, 0.2) is 5.82 Å². The summed E-state index contributed by atoms with van der Waals surface area (Å²) in [5, 5.41) is 8.23. The molecule has 1 aliphatic carbocycles. The van der Waals surface area contributed by atoms with E-state index in [1.807, 2.05) is 0 Å². The van der Waals surface area contributed by atoms with Crippen molar-refractivity contribution in [3.63, 3.8) is 0 Å². The number of rotatable bonds is 6. The van der Waals surface area contributed by atoms with Crippen LogP contribution in [0.5, 0.6) is 0 Å². The molecule has 134 valence electrons. The first-order chi connectivity index (χ1) is 12.2. The zero-order chi connectivity index (χ0) is 17.4. The molecule has 1 saturated carbocycles. The van der Waals surface area contributed by atoms with Crippen LogP contribution in [-0.4, -0.2) is 32.6 Å². The maximum atomic E-state index is 12.9. The molecule has 0 N–H and O–H groups in total. The summed E-state index contributed by atoms with van der Waals surface area (Å²) in [5.74, 6) is 2.25. The van der Waals surface area contributed by atoms with Crippen molar-refractivity contribution >= 4 is 5.91 Å². The summed E-state index contributed by atoms with van der Waals surface area (Å²) >= 11 is 0. The number of likely N-dealkylation sites (tertiary alicyclic amines) is 1. The van der Waals surface area contributed by atoms with Gasteiger partial charge in [-0.2, -0.15) is 4.98 Å². The quantitative estimate of drug-likeness (QED) is 0.792. The SMILES string of the molecule is CCC(CC)c1cc(C(=O)N2CCC[C@@H]2c2noc(C3CC3)n2)on1. The van der Waals surface area contributed by atoms with Gasteiger partial charge in [-0.1, -0.05) is 24.2 Å². The second-order valence-electron chi connectivity index (χ2n) is 7.05. The van der Waals surface area contributed by atoms with E-state index in [0.717, 1.165) is 44.2 Å². The van der Waals surface area contributed by atoms with Gasteiger partial charge in [0.05, 0.1) is 11.7 Å². The molecule has 1 saturated heterocycles. The maximum Gasteiger partial charge on any atom is 0.293 e. The Bertz CT molecular complexity index is 745. The van der Waals surface area contributed by atoms with E-state index in [1.54, 1.807) is 11.0 Å². The molecule has 2 aromatic heterocycles. The topological polar surface area (TPSA) is 85.3 Å². The summed E-state index contributed by atoms with van der Waals surface area (Å²) in [6.45, 7) is 4.92. The standard InChI is InChI=1S/C18H24N4O3/c1-3-11(4-2)13-10-15(24-20-13)18(23)22-9-5-6-14(22)16-19-17(25-21-16)12-7-8-12/h10-12,14H,3-9H2,1-2H3/t14-/m1/s1. The highest BCUT2D eigenvalue weighted by Crippen LogP contribution is 2.40. The number of carbonyl (C=O) groups excluding carboxylic acids is 1. The Labute approximate surface area is 146 Å². The van der Waals surface area contributed by atoms with Crippen molar-refractivity contribution in [1.29, 1.82) is 0 Å². The summed E-state index contributed by atoms with van der Waals surface area (Å²) in [6.07, 6.45) is 5.98. The molecule has 1 amide bonds. The van der Waals surface area contributed by atoms with Gasteiger partial charge in [-0.05, 0) is 38.5 Å². The van der Waals surface area contributed by atoms with Crippen LogP contribution in [0.25, 0.3) is 0 Å². The van der Waals surface area contributed by atoms with E-state index in [0.29, 0.717) is 35.9 Å². The van der Waals surface area contributed by atoms with Gasteiger partial charge in [0, 0.05) is 24.4 Å². The van der Waals surface area contributed by atoms with Crippen molar-refractivity contribution in [2.45, 2.75) is 70.3 Å². The van der Waals surface area contributed by atoms with Crippen LogP contribution in [0.15, 0.2) is 15.1 Å².